The Labute approximate surface area is 126 Å². The molecule has 0 aromatic rings. The van der Waals surface area contributed by atoms with Crippen LogP contribution in [0.2, 0.25) is 0 Å². The van der Waals surface area contributed by atoms with Gasteiger partial charge in [0.2, 0.25) is 11.8 Å². The average molecular weight is 298 g/mol. The zero-order chi connectivity index (χ0) is 15.1. The van der Waals surface area contributed by atoms with Gasteiger partial charge in [-0.3, -0.25) is 14.5 Å². The lowest BCUT2D eigenvalue weighted by molar-refractivity contribution is -0.138. The molecule has 1 unspecified atom stereocenters. The van der Waals surface area contributed by atoms with Gasteiger partial charge >= 0.3 is 0 Å². The van der Waals surface area contributed by atoms with Crippen LogP contribution >= 0.6 is 0 Å². The molecular formula is C14H26N4O3. The lowest BCUT2D eigenvalue weighted by Gasteiger charge is -2.36. The summed E-state index contributed by atoms with van der Waals surface area (Å²) >= 11 is 0. The van der Waals surface area contributed by atoms with Crippen LogP contribution in [-0.4, -0.2) is 86.7 Å². The van der Waals surface area contributed by atoms with E-state index < -0.39 is 0 Å². The molecule has 0 aromatic carbocycles. The Balaban J connectivity index is 1.70. The fourth-order valence-corrected chi connectivity index (χ4v) is 2.59. The lowest BCUT2D eigenvalue weighted by atomic mass is 10.2. The van der Waals surface area contributed by atoms with Gasteiger partial charge in [-0.2, -0.15) is 0 Å². The minimum Gasteiger partial charge on any atom is -0.378 e. The monoisotopic (exact) mass is 298 g/mol. The number of hydrogen-bond donors (Lipinski definition) is 2. The number of carbonyl (C=O) groups is 2. The molecule has 0 aromatic heterocycles. The molecule has 120 valence electrons. The SMILES string of the molecule is CCCNC(=O)CN1CCN(C(=O)C2COCCN2)CC1. The zero-order valence-corrected chi connectivity index (χ0v) is 12.8. The lowest BCUT2D eigenvalue weighted by Crippen LogP contribution is -2.57. The van der Waals surface area contributed by atoms with E-state index in [0.29, 0.717) is 32.8 Å². The van der Waals surface area contributed by atoms with E-state index in [1.807, 2.05) is 11.8 Å². The molecule has 2 amide bonds. The van der Waals surface area contributed by atoms with Gasteiger partial charge in [0.05, 0.1) is 19.8 Å². The van der Waals surface area contributed by atoms with Crippen molar-refractivity contribution in [2.24, 2.45) is 0 Å². The summed E-state index contributed by atoms with van der Waals surface area (Å²) in [4.78, 5) is 27.9. The Bertz CT molecular complexity index is 350. The molecule has 2 fully saturated rings. The number of hydrogen-bond acceptors (Lipinski definition) is 5. The molecule has 0 radical (unpaired) electrons. The molecule has 7 heteroatoms. The van der Waals surface area contributed by atoms with Gasteiger partial charge in [0.25, 0.3) is 0 Å². The summed E-state index contributed by atoms with van der Waals surface area (Å²) < 4.78 is 5.33. The van der Waals surface area contributed by atoms with Gasteiger partial charge in [-0.15, -0.1) is 0 Å². The van der Waals surface area contributed by atoms with E-state index in [4.69, 9.17) is 4.74 Å². The molecule has 7 nitrogen and oxygen atoms in total. The third-order valence-electron chi connectivity index (χ3n) is 3.84. The molecule has 1 atom stereocenters. The van der Waals surface area contributed by atoms with Gasteiger partial charge in [-0.1, -0.05) is 6.92 Å². The number of piperazine rings is 1. The number of amides is 2. The summed E-state index contributed by atoms with van der Waals surface area (Å²) in [6.45, 7) is 7.90. The first-order valence-corrected chi connectivity index (χ1v) is 7.79. The maximum atomic E-state index is 12.3. The highest BCUT2D eigenvalue weighted by molar-refractivity contribution is 5.82. The third kappa shape index (κ3) is 4.94. The van der Waals surface area contributed by atoms with Crippen LogP contribution in [0.4, 0.5) is 0 Å². The number of nitrogens with one attached hydrogen (secondary N) is 2. The molecule has 2 rings (SSSR count). The van der Waals surface area contributed by atoms with Gasteiger partial charge in [0.1, 0.15) is 6.04 Å². The Hall–Kier alpha value is -1.18. The largest absolute Gasteiger partial charge is 0.378 e. The van der Waals surface area contributed by atoms with Gasteiger partial charge in [-0.05, 0) is 6.42 Å². The highest BCUT2D eigenvalue weighted by Crippen LogP contribution is 2.06. The van der Waals surface area contributed by atoms with E-state index >= 15 is 0 Å². The summed E-state index contributed by atoms with van der Waals surface area (Å²) in [5, 5.41) is 6.07. The summed E-state index contributed by atoms with van der Waals surface area (Å²) in [5.74, 6) is 0.184. The highest BCUT2D eigenvalue weighted by atomic mass is 16.5. The van der Waals surface area contributed by atoms with Crippen molar-refractivity contribution in [3.05, 3.63) is 0 Å². The maximum absolute atomic E-state index is 12.3. The van der Waals surface area contributed by atoms with Crippen LogP contribution in [0.3, 0.4) is 0 Å². The van der Waals surface area contributed by atoms with Gasteiger partial charge in [-0.25, -0.2) is 0 Å². The molecule has 2 heterocycles. The number of morpholine rings is 1. The zero-order valence-electron chi connectivity index (χ0n) is 12.8. The second-order valence-corrected chi connectivity index (χ2v) is 5.53. The Morgan fingerprint density at radius 1 is 1.29 bits per heavy atom. The smallest absolute Gasteiger partial charge is 0.242 e. The van der Waals surface area contributed by atoms with Crippen molar-refractivity contribution in [1.29, 1.82) is 0 Å². The summed E-state index contributed by atoms with van der Waals surface area (Å²) in [6, 6.07) is -0.210. The van der Waals surface area contributed by atoms with E-state index in [2.05, 4.69) is 15.5 Å². The van der Waals surface area contributed by atoms with Gasteiger partial charge in [0.15, 0.2) is 0 Å². The number of ether oxygens (including phenoxy) is 1. The quantitative estimate of drug-likeness (QED) is 0.656. The van der Waals surface area contributed by atoms with E-state index in [1.165, 1.54) is 0 Å². The molecule has 2 aliphatic rings. The fraction of sp³-hybridized carbons (Fsp3) is 0.857. The van der Waals surface area contributed by atoms with Crippen LogP contribution in [0.25, 0.3) is 0 Å². The van der Waals surface area contributed by atoms with Crippen LogP contribution in [0.5, 0.6) is 0 Å². The molecule has 2 aliphatic heterocycles. The van der Waals surface area contributed by atoms with Crippen LogP contribution in [0.1, 0.15) is 13.3 Å². The number of rotatable bonds is 5. The molecule has 2 saturated heterocycles. The molecular weight excluding hydrogens is 272 g/mol. The van der Waals surface area contributed by atoms with Crippen LogP contribution in [-0.2, 0) is 14.3 Å². The normalized spacial score (nSPS) is 23.9. The van der Waals surface area contributed by atoms with Crippen molar-refractivity contribution in [3.63, 3.8) is 0 Å². The first-order chi connectivity index (χ1) is 10.2. The summed E-state index contributed by atoms with van der Waals surface area (Å²) in [7, 11) is 0. The second kappa shape index (κ2) is 8.31. The number of carbonyl (C=O) groups excluding carboxylic acids is 2. The Kier molecular flexibility index (Phi) is 6.41. The predicted molar refractivity (Wildman–Crippen MR) is 78.9 cm³/mol. The maximum Gasteiger partial charge on any atom is 0.242 e. The minimum atomic E-state index is -0.210. The fourth-order valence-electron chi connectivity index (χ4n) is 2.59. The molecule has 21 heavy (non-hydrogen) atoms. The first-order valence-electron chi connectivity index (χ1n) is 7.79. The predicted octanol–water partition coefficient (Wildman–Crippen LogP) is -1.35. The average Bonchev–Trinajstić information content (AvgIpc) is 2.54. The molecule has 0 bridgehead atoms. The van der Waals surface area contributed by atoms with Crippen molar-refractivity contribution >= 4 is 11.8 Å². The van der Waals surface area contributed by atoms with Gasteiger partial charge < -0.3 is 20.3 Å². The first kappa shape index (κ1) is 16.2. The van der Waals surface area contributed by atoms with Crippen molar-refractivity contribution in [2.45, 2.75) is 19.4 Å². The van der Waals surface area contributed by atoms with Crippen molar-refractivity contribution in [2.75, 3.05) is 59.0 Å². The van der Waals surface area contributed by atoms with Crippen molar-refractivity contribution < 1.29 is 14.3 Å². The van der Waals surface area contributed by atoms with Crippen LogP contribution in [0.15, 0.2) is 0 Å². The van der Waals surface area contributed by atoms with E-state index in [1.54, 1.807) is 0 Å². The van der Waals surface area contributed by atoms with Crippen LogP contribution < -0.4 is 10.6 Å². The van der Waals surface area contributed by atoms with Crippen molar-refractivity contribution in [3.8, 4) is 0 Å². The Morgan fingerprint density at radius 2 is 2.05 bits per heavy atom. The van der Waals surface area contributed by atoms with E-state index in [-0.39, 0.29) is 17.9 Å². The number of nitrogens with zero attached hydrogens (tertiary/aromatic N) is 2. The van der Waals surface area contributed by atoms with E-state index in [9.17, 15) is 9.59 Å². The highest BCUT2D eigenvalue weighted by Gasteiger charge is 2.29. The molecule has 0 spiro atoms. The topological polar surface area (TPSA) is 73.9 Å². The second-order valence-electron chi connectivity index (χ2n) is 5.53. The molecule has 2 N–H and O–H groups in total. The third-order valence-corrected chi connectivity index (χ3v) is 3.84. The molecule has 0 saturated carbocycles. The van der Waals surface area contributed by atoms with Gasteiger partial charge in [0, 0.05) is 39.3 Å². The minimum absolute atomic E-state index is 0.0685. The van der Waals surface area contributed by atoms with E-state index in [0.717, 1.165) is 32.6 Å². The Morgan fingerprint density at radius 3 is 2.67 bits per heavy atom. The van der Waals surface area contributed by atoms with Crippen LogP contribution in [0, 0.1) is 0 Å². The summed E-state index contributed by atoms with van der Waals surface area (Å²) in [5.41, 5.74) is 0. The summed E-state index contributed by atoms with van der Waals surface area (Å²) in [6.07, 6.45) is 0.949. The standard InChI is InChI=1S/C14H26N4O3/c1-2-3-16-13(19)10-17-5-7-18(8-6-17)14(20)12-11-21-9-4-15-12/h12,15H,2-11H2,1H3,(H,16,19). The molecule has 0 aliphatic carbocycles. The van der Waals surface area contributed by atoms with Crippen molar-refractivity contribution in [1.82, 2.24) is 20.4 Å².